The first-order valence-electron chi connectivity index (χ1n) is 10.7. The number of ether oxygens (including phenoxy) is 1. The van der Waals surface area contributed by atoms with Crippen molar-refractivity contribution in [3.05, 3.63) is 70.4 Å². The van der Waals surface area contributed by atoms with Crippen molar-refractivity contribution in [2.45, 2.75) is 19.5 Å². The van der Waals surface area contributed by atoms with E-state index in [1.807, 2.05) is 13.0 Å². The van der Waals surface area contributed by atoms with Gasteiger partial charge in [-0.25, -0.2) is 14.3 Å². The summed E-state index contributed by atoms with van der Waals surface area (Å²) < 4.78 is 47.0. The summed E-state index contributed by atoms with van der Waals surface area (Å²) >= 11 is 1.33. The van der Waals surface area contributed by atoms with Crippen LogP contribution in [0, 0.1) is 0 Å². The van der Waals surface area contributed by atoms with Crippen molar-refractivity contribution >= 4 is 34.7 Å². The maximum Gasteiger partial charge on any atom is 0.433 e. The van der Waals surface area contributed by atoms with Crippen molar-refractivity contribution in [1.29, 1.82) is 0 Å². The van der Waals surface area contributed by atoms with Gasteiger partial charge < -0.3 is 21.0 Å². The van der Waals surface area contributed by atoms with Crippen molar-refractivity contribution < 1.29 is 32.3 Å². The van der Waals surface area contributed by atoms with E-state index in [2.05, 4.69) is 15.2 Å². The summed E-state index contributed by atoms with van der Waals surface area (Å²) in [4.78, 5) is 33.8. The van der Waals surface area contributed by atoms with Gasteiger partial charge in [0.05, 0.1) is 10.6 Å². The van der Waals surface area contributed by atoms with Gasteiger partial charge in [0.1, 0.15) is 5.75 Å². The zero-order valence-electron chi connectivity index (χ0n) is 19.2. The third kappa shape index (κ3) is 5.86. The van der Waals surface area contributed by atoms with Crippen molar-refractivity contribution in [1.82, 2.24) is 14.6 Å². The summed E-state index contributed by atoms with van der Waals surface area (Å²) in [6.07, 6.45) is -4.03. The van der Waals surface area contributed by atoms with Crippen molar-refractivity contribution in [2.75, 3.05) is 6.61 Å². The number of aromatic nitrogens is 3. The summed E-state index contributed by atoms with van der Waals surface area (Å²) in [6, 6.07) is 11.4. The number of nitrogens with two attached hydrogens (primary N) is 2. The van der Waals surface area contributed by atoms with Gasteiger partial charge in [-0.2, -0.15) is 18.3 Å². The Kier molecular flexibility index (Phi) is 7.11. The van der Waals surface area contributed by atoms with Crippen LogP contribution >= 0.6 is 11.3 Å². The zero-order valence-corrected chi connectivity index (χ0v) is 20.0. The van der Waals surface area contributed by atoms with E-state index in [1.165, 1.54) is 35.6 Å². The number of amides is 1. The van der Waals surface area contributed by atoms with Gasteiger partial charge in [-0.05, 0) is 48.9 Å². The van der Waals surface area contributed by atoms with E-state index in [-0.39, 0.29) is 23.8 Å². The number of fused-ring (bicyclic) bond motifs is 1. The van der Waals surface area contributed by atoms with Crippen LogP contribution < -0.4 is 16.2 Å². The maximum atomic E-state index is 13.8. The van der Waals surface area contributed by atoms with Crippen LogP contribution in [0.25, 0.3) is 16.2 Å². The van der Waals surface area contributed by atoms with E-state index in [0.717, 1.165) is 23.4 Å². The predicted octanol–water partition coefficient (Wildman–Crippen LogP) is 3.38. The second kappa shape index (κ2) is 10.3. The SMILES string of the molecule is CCc1ccc(-c2cc(C(F)(F)F)n3nc(C(=O)O/N=C(\N)c4ccc(OCC(N)=O)cc4)cc3n2)s1. The summed E-state index contributed by atoms with van der Waals surface area (Å²) in [6.45, 7) is 1.63. The molecule has 14 heteroatoms. The molecule has 37 heavy (non-hydrogen) atoms. The molecule has 0 radical (unpaired) electrons. The molecule has 0 saturated heterocycles. The number of oxime groups is 1. The fraction of sp³-hybridized carbons (Fsp3) is 0.174. The number of alkyl halides is 3. The molecule has 0 aliphatic carbocycles. The minimum Gasteiger partial charge on any atom is -0.484 e. The molecule has 0 saturated carbocycles. The number of aryl methyl sites for hydroxylation is 1. The van der Waals surface area contributed by atoms with Gasteiger partial charge in [-0.1, -0.05) is 12.1 Å². The van der Waals surface area contributed by atoms with E-state index in [0.29, 0.717) is 20.7 Å². The molecule has 0 aliphatic rings. The van der Waals surface area contributed by atoms with Crippen molar-refractivity contribution in [2.24, 2.45) is 16.6 Å². The molecule has 0 atom stereocenters. The Labute approximate surface area is 211 Å². The van der Waals surface area contributed by atoms with E-state index in [1.54, 1.807) is 6.07 Å². The standard InChI is InChI=1S/C23H19F3N6O4S/c1-2-14-7-8-17(37-14)15-9-18(23(24,25)26)32-20(29-15)10-16(30-32)22(34)36-31-21(28)12-3-5-13(6-4-12)35-11-19(27)33/h3-10H,2,11H2,1H3,(H2,27,33)(H2,28,31). The van der Waals surface area contributed by atoms with Crippen LogP contribution in [-0.2, 0) is 22.2 Å². The van der Waals surface area contributed by atoms with Crippen LogP contribution in [0.4, 0.5) is 13.2 Å². The summed E-state index contributed by atoms with van der Waals surface area (Å²) in [5.74, 6) is -1.62. The second-order valence-corrected chi connectivity index (χ2v) is 8.75. The van der Waals surface area contributed by atoms with Crippen LogP contribution in [0.15, 0.2) is 53.7 Å². The first kappa shape index (κ1) is 25.6. The molecule has 0 unspecified atom stereocenters. The number of rotatable bonds is 8. The summed E-state index contributed by atoms with van der Waals surface area (Å²) in [7, 11) is 0. The molecule has 1 amide bonds. The first-order valence-corrected chi connectivity index (χ1v) is 11.5. The topological polar surface area (TPSA) is 147 Å². The average Bonchev–Trinajstić information content (AvgIpc) is 3.52. The number of carbonyl (C=O) groups excluding carboxylic acids is 2. The van der Waals surface area contributed by atoms with Gasteiger partial charge in [0.25, 0.3) is 5.91 Å². The number of carbonyl (C=O) groups is 2. The molecular formula is C23H19F3N6O4S. The normalized spacial score (nSPS) is 12.1. The van der Waals surface area contributed by atoms with Gasteiger partial charge in [-0.15, -0.1) is 11.3 Å². The predicted molar refractivity (Wildman–Crippen MR) is 128 cm³/mol. The number of nitrogens with zero attached hydrogens (tertiary/aromatic N) is 4. The fourth-order valence-corrected chi connectivity index (χ4v) is 4.08. The van der Waals surface area contributed by atoms with Gasteiger partial charge in [-0.3, -0.25) is 4.79 Å². The van der Waals surface area contributed by atoms with E-state index < -0.39 is 29.4 Å². The Morgan fingerprint density at radius 3 is 2.46 bits per heavy atom. The number of hydrogen-bond acceptors (Lipinski definition) is 8. The maximum absolute atomic E-state index is 13.8. The number of thiophene rings is 1. The molecule has 0 aliphatic heterocycles. The van der Waals surface area contributed by atoms with Crippen LogP contribution in [-0.4, -0.2) is 38.9 Å². The lowest BCUT2D eigenvalue weighted by Crippen LogP contribution is -2.20. The van der Waals surface area contributed by atoms with Gasteiger partial charge >= 0.3 is 12.1 Å². The third-order valence-corrected chi connectivity index (χ3v) is 6.20. The molecule has 10 nitrogen and oxygen atoms in total. The number of amidine groups is 1. The number of primary amides is 1. The molecule has 192 valence electrons. The van der Waals surface area contributed by atoms with Crippen molar-refractivity contribution in [3.63, 3.8) is 0 Å². The average molecular weight is 533 g/mol. The molecule has 0 bridgehead atoms. The molecule has 1 aromatic carbocycles. The lowest BCUT2D eigenvalue weighted by atomic mass is 10.2. The van der Waals surface area contributed by atoms with Crippen LogP contribution in [0.1, 0.15) is 33.5 Å². The highest BCUT2D eigenvalue weighted by atomic mass is 32.1. The fourth-order valence-electron chi connectivity index (χ4n) is 3.17. The summed E-state index contributed by atoms with van der Waals surface area (Å²) in [5, 5.41) is 7.26. The second-order valence-electron chi connectivity index (χ2n) is 7.58. The monoisotopic (exact) mass is 532 g/mol. The minimum atomic E-state index is -4.76. The zero-order chi connectivity index (χ0) is 26.7. The highest BCUT2D eigenvalue weighted by Gasteiger charge is 2.36. The van der Waals surface area contributed by atoms with Crippen LogP contribution in [0.5, 0.6) is 5.75 Å². The van der Waals surface area contributed by atoms with E-state index >= 15 is 0 Å². The van der Waals surface area contributed by atoms with E-state index in [4.69, 9.17) is 21.0 Å². The largest absolute Gasteiger partial charge is 0.484 e. The molecule has 3 heterocycles. The highest BCUT2D eigenvalue weighted by molar-refractivity contribution is 7.15. The summed E-state index contributed by atoms with van der Waals surface area (Å²) in [5.41, 5.74) is 9.56. The highest BCUT2D eigenvalue weighted by Crippen LogP contribution is 2.34. The molecule has 4 aromatic rings. The Morgan fingerprint density at radius 2 is 1.84 bits per heavy atom. The number of halogens is 3. The quantitative estimate of drug-likeness (QED) is 0.153. The smallest absolute Gasteiger partial charge is 0.433 e. The van der Waals surface area contributed by atoms with Gasteiger partial charge in [0.15, 0.2) is 29.5 Å². The molecular weight excluding hydrogens is 513 g/mol. The van der Waals surface area contributed by atoms with Crippen LogP contribution in [0.3, 0.4) is 0 Å². The van der Waals surface area contributed by atoms with Gasteiger partial charge in [0, 0.05) is 16.5 Å². The Morgan fingerprint density at radius 1 is 1.11 bits per heavy atom. The molecule has 0 fully saturated rings. The Bertz CT molecular complexity index is 1490. The Hall–Kier alpha value is -4.46. The van der Waals surface area contributed by atoms with Crippen LogP contribution in [0.2, 0.25) is 0 Å². The molecule has 4 rings (SSSR count). The van der Waals surface area contributed by atoms with E-state index in [9.17, 15) is 22.8 Å². The minimum absolute atomic E-state index is 0.106. The molecule has 3 aromatic heterocycles. The Balaban J connectivity index is 1.57. The molecule has 4 N–H and O–H groups in total. The lowest BCUT2D eigenvalue weighted by Gasteiger charge is -2.10. The third-order valence-electron chi connectivity index (χ3n) is 4.95. The number of benzene rings is 1. The lowest BCUT2D eigenvalue weighted by molar-refractivity contribution is -0.142. The van der Waals surface area contributed by atoms with Gasteiger partial charge in [0.2, 0.25) is 0 Å². The van der Waals surface area contributed by atoms with Crippen molar-refractivity contribution in [3.8, 4) is 16.3 Å². The number of hydrogen-bond donors (Lipinski definition) is 2. The molecule has 0 spiro atoms. The first-order chi connectivity index (χ1) is 17.5.